The summed E-state index contributed by atoms with van der Waals surface area (Å²) in [5, 5.41) is 2.76. The molecule has 17 heavy (non-hydrogen) atoms. The molecule has 2 unspecified atom stereocenters. The topological polar surface area (TPSA) is 46.2 Å². The van der Waals surface area contributed by atoms with E-state index in [0.29, 0.717) is 6.42 Å². The Balaban J connectivity index is 2.43. The number of aryl methyl sites for hydroxylation is 2. The van der Waals surface area contributed by atoms with E-state index < -0.39 is 5.92 Å². The van der Waals surface area contributed by atoms with E-state index in [1.54, 1.807) is 0 Å². The number of carbonyl (C=O) groups is 2. The largest absolute Gasteiger partial charge is 0.345 e. The van der Waals surface area contributed by atoms with E-state index in [-0.39, 0.29) is 17.7 Å². The Bertz CT molecular complexity index is 479. The lowest BCUT2D eigenvalue weighted by Gasteiger charge is -2.11. The second kappa shape index (κ2) is 4.32. The molecule has 1 aromatic rings. The SMILES string of the molecule is CCC1NC(=O)C(c2cc(C)ccc2C)C1=O. The minimum Gasteiger partial charge on any atom is -0.345 e. The van der Waals surface area contributed by atoms with Crippen LogP contribution in [0.2, 0.25) is 0 Å². The summed E-state index contributed by atoms with van der Waals surface area (Å²) in [4.78, 5) is 24.0. The average Bonchev–Trinajstić information content (AvgIpc) is 2.58. The molecule has 1 aliphatic heterocycles. The molecule has 1 aliphatic rings. The van der Waals surface area contributed by atoms with Gasteiger partial charge in [0.05, 0.1) is 6.04 Å². The van der Waals surface area contributed by atoms with Crippen LogP contribution in [-0.4, -0.2) is 17.7 Å². The smallest absolute Gasteiger partial charge is 0.235 e. The number of hydrogen-bond acceptors (Lipinski definition) is 2. The summed E-state index contributed by atoms with van der Waals surface area (Å²) in [7, 11) is 0. The maximum atomic E-state index is 12.1. The van der Waals surface area contributed by atoms with E-state index in [4.69, 9.17) is 0 Å². The molecule has 90 valence electrons. The summed E-state index contributed by atoms with van der Waals surface area (Å²) >= 11 is 0. The number of nitrogens with one attached hydrogen (secondary N) is 1. The van der Waals surface area contributed by atoms with Crippen molar-refractivity contribution < 1.29 is 9.59 Å². The average molecular weight is 231 g/mol. The van der Waals surface area contributed by atoms with Crippen LogP contribution in [0.1, 0.15) is 36.0 Å². The van der Waals surface area contributed by atoms with Crippen LogP contribution < -0.4 is 5.32 Å². The Morgan fingerprint density at radius 3 is 2.53 bits per heavy atom. The zero-order valence-electron chi connectivity index (χ0n) is 10.4. The third kappa shape index (κ3) is 1.97. The zero-order valence-corrected chi connectivity index (χ0v) is 10.4. The van der Waals surface area contributed by atoms with Crippen molar-refractivity contribution in [3.63, 3.8) is 0 Å². The number of rotatable bonds is 2. The fourth-order valence-corrected chi connectivity index (χ4v) is 2.33. The van der Waals surface area contributed by atoms with E-state index >= 15 is 0 Å². The molecule has 1 saturated heterocycles. The van der Waals surface area contributed by atoms with Crippen molar-refractivity contribution in [2.75, 3.05) is 0 Å². The monoisotopic (exact) mass is 231 g/mol. The summed E-state index contributed by atoms with van der Waals surface area (Å²) in [6.07, 6.45) is 0.659. The van der Waals surface area contributed by atoms with Crippen molar-refractivity contribution in [1.29, 1.82) is 0 Å². The highest BCUT2D eigenvalue weighted by molar-refractivity contribution is 6.15. The predicted molar refractivity (Wildman–Crippen MR) is 65.9 cm³/mol. The predicted octanol–water partition coefficient (Wildman–Crippen LogP) is 1.86. The number of benzene rings is 1. The van der Waals surface area contributed by atoms with E-state index in [1.165, 1.54) is 0 Å². The first-order valence-corrected chi connectivity index (χ1v) is 5.96. The van der Waals surface area contributed by atoms with Crippen molar-refractivity contribution in [1.82, 2.24) is 5.32 Å². The third-order valence-corrected chi connectivity index (χ3v) is 3.36. The van der Waals surface area contributed by atoms with Gasteiger partial charge in [0.25, 0.3) is 0 Å². The molecular weight excluding hydrogens is 214 g/mol. The Labute approximate surface area is 101 Å². The Morgan fingerprint density at radius 1 is 1.24 bits per heavy atom. The van der Waals surface area contributed by atoms with Crippen molar-refractivity contribution in [3.05, 3.63) is 34.9 Å². The highest BCUT2D eigenvalue weighted by atomic mass is 16.2. The van der Waals surface area contributed by atoms with Gasteiger partial charge in [0.2, 0.25) is 5.91 Å². The summed E-state index contributed by atoms with van der Waals surface area (Å²) in [5.74, 6) is -0.762. The first kappa shape index (κ1) is 11.8. The summed E-state index contributed by atoms with van der Waals surface area (Å²) in [6.45, 7) is 5.82. The second-order valence-electron chi connectivity index (χ2n) is 4.66. The number of amides is 1. The van der Waals surface area contributed by atoms with E-state index in [2.05, 4.69) is 5.32 Å². The lowest BCUT2D eigenvalue weighted by Crippen LogP contribution is -2.27. The van der Waals surface area contributed by atoms with Gasteiger partial charge in [-0.3, -0.25) is 9.59 Å². The molecule has 2 atom stereocenters. The second-order valence-corrected chi connectivity index (χ2v) is 4.66. The van der Waals surface area contributed by atoms with Gasteiger partial charge in [-0.15, -0.1) is 0 Å². The highest BCUT2D eigenvalue weighted by Crippen LogP contribution is 2.28. The molecule has 3 heteroatoms. The van der Waals surface area contributed by atoms with Crippen molar-refractivity contribution in [2.45, 2.75) is 39.2 Å². The van der Waals surface area contributed by atoms with Gasteiger partial charge < -0.3 is 5.32 Å². The number of hydrogen-bond donors (Lipinski definition) is 1. The molecule has 1 N–H and O–H groups in total. The molecule has 1 heterocycles. The Kier molecular flexibility index (Phi) is 3.01. The minimum atomic E-state index is -0.611. The summed E-state index contributed by atoms with van der Waals surface area (Å²) < 4.78 is 0. The molecule has 1 fully saturated rings. The zero-order chi connectivity index (χ0) is 12.6. The molecule has 1 aromatic carbocycles. The first-order valence-electron chi connectivity index (χ1n) is 5.96. The van der Waals surface area contributed by atoms with Crippen LogP contribution in [0.25, 0.3) is 0 Å². The third-order valence-electron chi connectivity index (χ3n) is 3.36. The van der Waals surface area contributed by atoms with Crippen LogP contribution in [-0.2, 0) is 9.59 Å². The van der Waals surface area contributed by atoms with Gasteiger partial charge in [0.1, 0.15) is 5.92 Å². The quantitative estimate of drug-likeness (QED) is 0.790. The van der Waals surface area contributed by atoms with E-state index in [0.717, 1.165) is 16.7 Å². The summed E-state index contributed by atoms with van der Waals surface area (Å²) in [6, 6.07) is 5.58. The maximum Gasteiger partial charge on any atom is 0.235 e. The van der Waals surface area contributed by atoms with Gasteiger partial charge in [-0.25, -0.2) is 0 Å². The lowest BCUT2D eigenvalue weighted by molar-refractivity contribution is -0.124. The van der Waals surface area contributed by atoms with E-state index in [1.807, 2.05) is 39.0 Å². The molecule has 0 radical (unpaired) electrons. The summed E-state index contributed by atoms with van der Waals surface area (Å²) in [5.41, 5.74) is 2.93. The minimum absolute atomic E-state index is 0.00574. The number of carbonyl (C=O) groups excluding carboxylic acids is 2. The van der Waals surface area contributed by atoms with Crippen molar-refractivity contribution in [2.24, 2.45) is 0 Å². The molecule has 3 nitrogen and oxygen atoms in total. The first-order chi connectivity index (χ1) is 8.04. The molecule has 0 saturated carbocycles. The normalized spacial score (nSPS) is 23.9. The Hall–Kier alpha value is -1.64. The van der Waals surface area contributed by atoms with Crippen LogP contribution in [0.4, 0.5) is 0 Å². The Morgan fingerprint density at radius 2 is 1.94 bits per heavy atom. The molecular formula is C14H17NO2. The fraction of sp³-hybridized carbons (Fsp3) is 0.429. The lowest BCUT2D eigenvalue weighted by atomic mass is 9.89. The number of Topliss-reactive ketones (excluding diaryl/α,β-unsaturated/α-hetero) is 1. The van der Waals surface area contributed by atoms with Gasteiger partial charge in [0, 0.05) is 0 Å². The van der Waals surface area contributed by atoms with Gasteiger partial charge in [-0.05, 0) is 31.4 Å². The van der Waals surface area contributed by atoms with Crippen LogP contribution >= 0.6 is 0 Å². The molecule has 0 aromatic heterocycles. The standard InChI is InChI=1S/C14H17NO2/c1-4-11-13(16)12(14(17)15-11)10-7-8(2)5-6-9(10)3/h5-7,11-12H,4H2,1-3H3,(H,15,17). The van der Waals surface area contributed by atoms with Crippen LogP contribution in [0, 0.1) is 13.8 Å². The van der Waals surface area contributed by atoms with Crippen molar-refractivity contribution in [3.8, 4) is 0 Å². The number of ketones is 1. The van der Waals surface area contributed by atoms with Gasteiger partial charge in [-0.2, -0.15) is 0 Å². The van der Waals surface area contributed by atoms with Gasteiger partial charge in [0.15, 0.2) is 5.78 Å². The van der Waals surface area contributed by atoms with Crippen molar-refractivity contribution >= 4 is 11.7 Å². The fourth-order valence-electron chi connectivity index (χ4n) is 2.33. The van der Waals surface area contributed by atoms with Gasteiger partial charge >= 0.3 is 0 Å². The van der Waals surface area contributed by atoms with Gasteiger partial charge in [-0.1, -0.05) is 30.7 Å². The van der Waals surface area contributed by atoms with E-state index in [9.17, 15) is 9.59 Å². The molecule has 0 spiro atoms. The molecule has 1 amide bonds. The highest BCUT2D eigenvalue weighted by Gasteiger charge is 2.41. The molecule has 0 bridgehead atoms. The van der Waals surface area contributed by atoms with Crippen LogP contribution in [0.3, 0.4) is 0 Å². The van der Waals surface area contributed by atoms with Crippen LogP contribution in [0.15, 0.2) is 18.2 Å². The molecule has 0 aliphatic carbocycles. The maximum absolute atomic E-state index is 12.1. The molecule has 2 rings (SSSR count). The van der Waals surface area contributed by atoms with Crippen LogP contribution in [0.5, 0.6) is 0 Å².